The Labute approximate surface area is 102 Å². The van der Waals surface area contributed by atoms with Crippen molar-refractivity contribution < 1.29 is 14.6 Å². The molecule has 0 spiro atoms. The zero-order chi connectivity index (χ0) is 11.9. The van der Waals surface area contributed by atoms with Crippen molar-refractivity contribution in [2.24, 2.45) is 0 Å². The summed E-state index contributed by atoms with van der Waals surface area (Å²) in [5.41, 5.74) is 1.41. The number of hydrogen-bond acceptors (Lipinski definition) is 3. The summed E-state index contributed by atoms with van der Waals surface area (Å²) in [6.45, 7) is 1.45. The minimum Gasteiger partial charge on any atom is -0.384 e. The van der Waals surface area contributed by atoms with Crippen molar-refractivity contribution in [2.75, 3.05) is 12.0 Å². The van der Waals surface area contributed by atoms with Gasteiger partial charge in [-0.3, -0.25) is 9.69 Å². The minimum atomic E-state index is -0.804. The molecular formula is C11H12BrNO3. The highest BCUT2D eigenvalue weighted by atomic mass is 79.9. The van der Waals surface area contributed by atoms with E-state index in [-0.39, 0.29) is 5.91 Å². The van der Waals surface area contributed by atoms with E-state index in [0.29, 0.717) is 11.3 Å². The van der Waals surface area contributed by atoms with Crippen LogP contribution in [0.3, 0.4) is 0 Å². The molecule has 0 saturated heterocycles. The summed E-state index contributed by atoms with van der Waals surface area (Å²) in [4.78, 5) is 13.0. The first-order chi connectivity index (χ1) is 7.56. The number of ether oxygens (including phenoxy) is 1. The molecule has 16 heavy (non-hydrogen) atoms. The van der Waals surface area contributed by atoms with E-state index in [0.717, 1.165) is 4.47 Å². The third kappa shape index (κ3) is 1.65. The summed E-state index contributed by atoms with van der Waals surface area (Å²) in [6, 6.07) is 5.43. The number of methoxy groups -OCH3 is 1. The number of aliphatic hydroxyl groups is 1. The molecule has 86 valence electrons. The van der Waals surface area contributed by atoms with Gasteiger partial charge >= 0.3 is 0 Å². The van der Waals surface area contributed by atoms with Crippen molar-refractivity contribution in [3.63, 3.8) is 0 Å². The maximum atomic E-state index is 11.5. The molecular weight excluding hydrogens is 274 g/mol. The number of anilines is 1. The first-order valence-electron chi connectivity index (χ1n) is 4.86. The molecule has 1 N–H and O–H groups in total. The summed E-state index contributed by atoms with van der Waals surface area (Å²) >= 11 is 3.34. The number of carbonyl (C=O) groups excluding carboxylic acids is 1. The fourth-order valence-corrected chi connectivity index (χ4v) is 2.38. The van der Waals surface area contributed by atoms with Crippen LogP contribution in [-0.4, -0.2) is 24.4 Å². The zero-order valence-electron chi connectivity index (χ0n) is 8.98. The average Bonchev–Trinajstić information content (AvgIpc) is 2.51. The van der Waals surface area contributed by atoms with E-state index in [1.807, 2.05) is 6.07 Å². The number of carbonyl (C=O) groups is 1. The molecule has 2 atom stereocenters. The Morgan fingerprint density at radius 3 is 2.81 bits per heavy atom. The smallest absolute Gasteiger partial charge is 0.226 e. The number of fused-ring (bicyclic) bond motifs is 1. The molecule has 0 bridgehead atoms. The molecule has 4 nitrogen and oxygen atoms in total. The second kappa shape index (κ2) is 4.16. The summed E-state index contributed by atoms with van der Waals surface area (Å²) in [6.07, 6.45) is -1.44. The fourth-order valence-electron chi connectivity index (χ4n) is 2.00. The van der Waals surface area contributed by atoms with E-state index in [9.17, 15) is 9.90 Å². The van der Waals surface area contributed by atoms with Crippen molar-refractivity contribution >= 4 is 27.5 Å². The van der Waals surface area contributed by atoms with Gasteiger partial charge in [-0.15, -0.1) is 0 Å². The van der Waals surface area contributed by atoms with E-state index in [1.165, 1.54) is 18.9 Å². The van der Waals surface area contributed by atoms with Gasteiger partial charge in [-0.25, -0.2) is 0 Å². The molecule has 0 aliphatic carbocycles. The van der Waals surface area contributed by atoms with Crippen molar-refractivity contribution in [2.45, 2.75) is 19.3 Å². The Hall–Kier alpha value is -0.910. The Kier molecular flexibility index (Phi) is 3.01. The van der Waals surface area contributed by atoms with Crippen LogP contribution in [0.1, 0.15) is 18.6 Å². The molecule has 2 unspecified atom stereocenters. The van der Waals surface area contributed by atoms with E-state index in [1.54, 1.807) is 12.1 Å². The number of amides is 1. The molecule has 0 saturated carbocycles. The van der Waals surface area contributed by atoms with E-state index in [4.69, 9.17) is 4.74 Å². The van der Waals surface area contributed by atoms with Crippen LogP contribution in [0, 0.1) is 0 Å². The molecule has 1 amide bonds. The Bertz CT molecular complexity index is 435. The quantitative estimate of drug-likeness (QED) is 0.856. The molecule has 0 aromatic heterocycles. The predicted octanol–water partition coefficient (Wildman–Crippen LogP) is 1.82. The second-order valence-electron chi connectivity index (χ2n) is 3.66. The van der Waals surface area contributed by atoms with Gasteiger partial charge in [0, 0.05) is 24.1 Å². The SMILES string of the molecule is COC1C(O)c2cc(Br)ccc2N1C(C)=O. The molecule has 2 rings (SSSR count). The average molecular weight is 286 g/mol. The number of rotatable bonds is 1. The van der Waals surface area contributed by atoms with Crippen LogP contribution in [0.2, 0.25) is 0 Å². The Balaban J connectivity index is 2.53. The summed E-state index contributed by atoms with van der Waals surface area (Å²) in [5, 5.41) is 10.0. The van der Waals surface area contributed by atoms with Crippen molar-refractivity contribution in [1.82, 2.24) is 0 Å². The lowest BCUT2D eigenvalue weighted by atomic mass is 10.1. The standard InChI is InChI=1S/C11H12BrNO3/c1-6(14)13-9-4-3-7(12)5-8(9)10(15)11(13)16-2/h3-5,10-11,15H,1-2H3. The topological polar surface area (TPSA) is 49.8 Å². The van der Waals surface area contributed by atoms with Gasteiger partial charge < -0.3 is 9.84 Å². The number of benzene rings is 1. The number of halogens is 1. The third-order valence-corrected chi connectivity index (χ3v) is 3.17. The molecule has 0 fully saturated rings. The van der Waals surface area contributed by atoms with Crippen LogP contribution in [-0.2, 0) is 9.53 Å². The molecule has 1 heterocycles. The maximum Gasteiger partial charge on any atom is 0.226 e. The Morgan fingerprint density at radius 2 is 2.25 bits per heavy atom. The number of aliphatic hydroxyl groups excluding tert-OH is 1. The molecule has 5 heteroatoms. The molecule has 1 aromatic rings. The van der Waals surface area contributed by atoms with Crippen LogP contribution in [0.25, 0.3) is 0 Å². The van der Waals surface area contributed by atoms with Crippen LogP contribution in [0.5, 0.6) is 0 Å². The van der Waals surface area contributed by atoms with Crippen LogP contribution < -0.4 is 4.90 Å². The van der Waals surface area contributed by atoms with Gasteiger partial charge in [-0.05, 0) is 18.2 Å². The first kappa shape index (κ1) is 11.6. The summed E-state index contributed by atoms with van der Waals surface area (Å²) in [5.74, 6) is -0.146. The largest absolute Gasteiger partial charge is 0.384 e. The Morgan fingerprint density at radius 1 is 1.56 bits per heavy atom. The highest BCUT2D eigenvalue weighted by molar-refractivity contribution is 9.10. The fraction of sp³-hybridized carbons (Fsp3) is 0.364. The van der Waals surface area contributed by atoms with Gasteiger partial charge in [0.2, 0.25) is 5.91 Å². The zero-order valence-corrected chi connectivity index (χ0v) is 10.6. The van der Waals surface area contributed by atoms with Crippen molar-refractivity contribution in [1.29, 1.82) is 0 Å². The lowest BCUT2D eigenvalue weighted by molar-refractivity contribution is -0.120. The van der Waals surface area contributed by atoms with Crippen molar-refractivity contribution in [3.05, 3.63) is 28.2 Å². The summed E-state index contributed by atoms with van der Waals surface area (Å²) in [7, 11) is 1.48. The van der Waals surface area contributed by atoms with Crippen LogP contribution in [0.4, 0.5) is 5.69 Å². The minimum absolute atomic E-state index is 0.146. The van der Waals surface area contributed by atoms with Crippen LogP contribution in [0.15, 0.2) is 22.7 Å². The lowest BCUT2D eigenvalue weighted by Gasteiger charge is -2.23. The van der Waals surface area contributed by atoms with Gasteiger partial charge in [-0.2, -0.15) is 0 Å². The molecule has 1 aliphatic heterocycles. The summed E-state index contributed by atoms with van der Waals surface area (Å²) < 4.78 is 6.03. The molecule has 1 aromatic carbocycles. The highest BCUT2D eigenvalue weighted by Gasteiger charge is 2.39. The monoisotopic (exact) mass is 285 g/mol. The normalized spacial score (nSPS) is 23.4. The molecule has 0 radical (unpaired) electrons. The lowest BCUT2D eigenvalue weighted by Crippen LogP contribution is -2.39. The second-order valence-corrected chi connectivity index (χ2v) is 4.58. The van der Waals surface area contributed by atoms with E-state index in [2.05, 4.69) is 15.9 Å². The maximum absolute atomic E-state index is 11.5. The van der Waals surface area contributed by atoms with Gasteiger partial charge in [0.05, 0.1) is 5.69 Å². The molecule has 1 aliphatic rings. The van der Waals surface area contributed by atoms with E-state index >= 15 is 0 Å². The number of hydrogen-bond donors (Lipinski definition) is 1. The third-order valence-electron chi connectivity index (χ3n) is 2.67. The first-order valence-corrected chi connectivity index (χ1v) is 5.65. The van der Waals surface area contributed by atoms with Gasteiger partial charge in [0.15, 0.2) is 6.23 Å². The predicted molar refractivity (Wildman–Crippen MR) is 63.1 cm³/mol. The van der Waals surface area contributed by atoms with Gasteiger partial charge in [-0.1, -0.05) is 15.9 Å². The van der Waals surface area contributed by atoms with Crippen LogP contribution >= 0.6 is 15.9 Å². The van der Waals surface area contributed by atoms with Crippen molar-refractivity contribution in [3.8, 4) is 0 Å². The van der Waals surface area contributed by atoms with Gasteiger partial charge in [0.1, 0.15) is 6.10 Å². The highest BCUT2D eigenvalue weighted by Crippen LogP contribution is 2.41. The van der Waals surface area contributed by atoms with Gasteiger partial charge in [0.25, 0.3) is 0 Å². The number of nitrogens with zero attached hydrogens (tertiary/aromatic N) is 1. The van der Waals surface area contributed by atoms with E-state index < -0.39 is 12.3 Å².